The van der Waals surface area contributed by atoms with Crippen LogP contribution in [-0.4, -0.2) is 104 Å². The Morgan fingerprint density at radius 3 is 1.06 bits per heavy atom. The zero-order valence-electron chi connectivity index (χ0n) is 61.5. The summed E-state index contributed by atoms with van der Waals surface area (Å²) in [5, 5.41) is 26.8. The zero-order chi connectivity index (χ0) is 88.2. The van der Waals surface area contributed by atoms with E-state index in [1.165, 1.54) is 84.9 Å². The number of alkyl halides is 6. The molecule has 13 aromatic rings. The molecule has 0 aliphatic heterocycles. The lowest BCUT2D eigenvalue weighted by Crippen LogP contribution is -2.10. The molecule has 0 spiro atoms. The summed E-state index contributed by atoms with van der Waals surface area (Å²) in [5.41, 5.74) is 2.82. The summed E-state index contributed by atoms with van der Waals surface area (Å²) in [7, 11) is -27.7. The molecule has 0 amide bonds. The van der Waals surface area contributed by atoms with Gasteiger partial charge in [-0.1, -0.05) is 144 Å². The number of methoxy groups -OCH3 is 1. The van der Waals surface area contributed by atoms with Crippen LogP contribution >= 0.6 is 35.8 Å². The van der Waals surface area contributed by atoms with Crippen molar-refractivity contribution in [1.29, 1.82) is 0 Å². The minimum atomic E-state index is -5.72. The minimum Gasteiger partial charge on any atom is -0.496 e. The Balaban J connectivity index is 0.00000171. The third kappa shape index (κ3) is 21.0. The van der Waals surface area contributed by atoms with Crippen molar-refractivity contribution in [3.63, 3.8) is 0 Å². The molecule has 628 valence electrons. The van der Waals surface area contributed by atoms with E-state index in [4.69, 9.17) is 43.4 Å². The lowest BCUT2D eigenvalue weighted by atomic mass is 9.74. The number of hydrogen-bond acceptors (Lipinski definition) is 27. The van der Waals surface area contributed by atoms with Crippen LogP contribution in [0.4, 0.5) is 26.3 Å². The molecule has 0 atom stereocenters. The van der Waals surface area contributed by atoms with Crippen LogP contribution in [0.5, 0.6) is 17.2 Å². The first-order chi connectivity index (χ1) is 56.9. The quantitative estimate of drug-likeness (QED) is 0.0114. The fourth-order valence-corrected chi connectivity index (χ4v) is 18.2. The van der Waals surface area contributed by atoms with E-state index in [9.17, 15) is 75.6 Å². The van der Waals surface area contributed by atoms with E-state index in [-0.39, 0.29) is 110 Å². The molecule has 0 saturated heterocycles. The molecule has 1 aromatic heterocycles. The van der Waals surface area contributed by atoms with Crippen molar-refractivity contribution in [3.05, 3.63) is 246 Å². The van der Waals surface area contributed by atoms with E-state index in [1.807, 2.05) is 32.0 Å². The molecule has 0 aliphatic rings. The maximum absolute atomic E-state index is 15.7. The van der Waals surface area contributed by atoms with Gasteiger partial charge in [0.25, 0.3) is 40.5 Å². The van der Waals surface area contributed by atoms with E-state index in [0.717, 1.165) is 65.9 Å². The number of benzene rings is 12. The van der Waals surface area contributed by atoms with Gasteiger partial charge >= 0.3 is 33.6 Å². The van der Waals surface area contributed by atoms with Crippen molar-refractivity contribution >= 4 is 109 Å². The van der Waals surface area contributed by atoms with Crippen LogP contribution in [0.25, 0.3) is 122 Å². The number of rotatable bonds is 23. The molecule has 121 heavy (non-hydrogen) atoms. The fourth-order valence-electron chi connectivity index (χ4n) is 13.2. The van der Waals surface area contributed by atoms with Gasteiger partial charge in [-0.3, -0.25) is 18.2 Å². The molecular formula is C78H54F6N2O26S9. The summed E-state index contributed by atoms with van der Waals surface area (Å²) in [6, 6.07) is 49.5. The summed E-state index contributed by atoms with van der Waals surface area (Å²) in [5.74, 6) is -1.06. The highest BCUT2D eigenvalue weighted by Gasteiger charge is 2.38. The maximum Gasteiger partial charge on any atom is 0.425 e. The molecule has 1 heterocycles. The average Bonchev–Trinajstić information content (AvgIpc) is 1.11. The lowest BCUT2D eigenvalue weighted by molar-refractivity contribution is -0.432. The van der Waals surface area contributed by atoms with Crippen molar-refractivity contribution in [1.82, 2.24) is 8.75 Å². The van der Waals surface area contributed by atoms with Gasteiger partial charge in [0.05, 0.1) is 54.1 Å². The summed E-state index contributed by atoms with van der Waals surface area (Å²) >= 11 is 1.78. The van der Waals surface area contributed by atoms with Gasteiger partial charge in [0.1, 0.15) is 47.9 Å². The van der Waals surface area contributed by atoms with Crippen LogP contribution in [0.2, 0.25) is 0 Å². The van der Waals surface area contributed by atoms with Crippen molar-refractivity contribution in [2.45, 2.75) is 62.5 Å². The molecule has 43 heteroatoms. The van der Waals surface area contributed by atoms with Gasteiger partial charge in [-0.2, -0.15) is 68.8 Å². The Kier molecular flexibility index (Phi) is 27.5. The highest BCUT2D eigenvalue weighted by molar-refractivity contribution is 7.94. The molecule has 0 saturated carbocycles. The second kappa shape index (κ2) is 36.7. The Morgan fingerprint density at radius 1 is 0.347 bits per heavy atom. The Hall–Kier alpha value is -11.0. The predicted molar refractivity (Wildman–Crippen MR) is 429 cm³/mol. The van der Waals surface area contributed by atoms with Crippen LogP contribution in [0.15, 0.2) is 248 Å². The van der Waals surface area contributed by atoms with E-state index < -0.39 is 111 Å². The number of aromatic nitrogens is 2. The van der Waals surface area contributed by atoms with Gasteiger partial charge in [0.15, 0.2) is 0 Å². The molecule has 28 nitrogen and oxygen atoms in total. The third-order valence-corrected chi connectivity index (χ3v) is 23.9. The van der Waals surface area contributed by atoms with Crippen molar-refractivity contribution in [2.75, 3.05) is 7.11 Å². The highest BCUT2D eigenvalue weighted by Crippen LogP contribution is 2.58. The van der Waals surface area contributed by atoms with Crippen LogP contribution in [0.3, 0.4) is 0 Å². The van der Waals surface area contributed by atoms with E-state index in [1.54, 1.807) is 67.6 Å². The third-order valence-electron chi connectivity index (χ3n) is 18.4. The molecular weight excluding hydrogens is 1780 g/mol. The van der Waals surface area contributed by atoms with Gasteiger partial charge in [-0.05, 0) is 223 Å². The average molecular weight is 1840 g/mol. The van der Waals surface area contributed by atoms with Gasteiger partial charge < -0.3 is 9.47 Å². The van der Waals surface area contributed by atoms with Crippen LogP contribution < -0.4 is 9.47 Å². The van der Waals surface area contributed by atoms with Gasteiger partial charge in [0, 0.05) is 20.9 Å². The second-order valence-electron chi connectivity index (χ2n) is 25.7. The number of fused-ring (bicyclic) bond motifs is 1. The lowest BCUT2D eigenvalue weighted by Gasteiger charge is -2.29. The molecule has 0 aliphatic carbocycles. The number of nitrogens with zero attached hydrogens (tertiary/aromatic N) is 2. The largest absolute Gasteiger partial charge is 0.496 e. The maximum atomic E-state index is 15.7. The van der Waals surface area contributed by atoms with Gasteiger partial charge in [-0.15, -0.1) is 33.9 Å². The van der Waals surface area contributed by atoms with Crippen molar-refractivity contribution in [2.24, 2.45) is 0 Å². The van der Waals surface area contributed by atoms with E-state index in [0.29, 0.717) is 81.7 Å². The molecule has 13 rings (SSSR count). The molecule has 12 aromatic carbocycles. The van der Waals surface area contributed by atoms with Crippen LogP contribution in [0, 0.1) is 20.8 Å². The summed E-state index contributed by atoms with van der Waals surface area (Å²) in [6.45, 7) is 5.41. The monoisotopic (exact) mass is 1840 g/mol. The van der Waals surface area contributed by atoms with Crippen LogP contribution in [0.1, 0.15) is 27.8 Å². The number of ether oxygens (including phenoxy) is 2. The van der Waals surface area contributed by atoms with Crippen LogP contribution in [-0.2, 0) is 92.8 Å². The van der Waals surface area contributed by atoms with E-state index >= 15 is 13.2 Å². The standard InChI is InChI=1S/C78H54F6N2O20S7.2O3S/c1-41-11-12-48(33-42(41)2)44-13-17-46(18-14-44)69-71(52-7-5-9-56(35-52)107-105-103-87)73(54-24-31-65(110(89,90)91)67(39-54)112(95,96)97)70(74(72(69)53-8-6-10-57(36-53)108-106-104-88)55-25-32-66(111(92,93)94)68(40-55)113(98,99)100)47-19-15-45(16-20-47)49-21-30-64(61(37-49)78(82,83)84)102-62-28-22-50(34-43(62)3)58-26-27-59(76-75(58)85-109-86-76)51-23-29-63(101-4)60(38-51)77(79,80)81;2*1-4(2)3/h5-40,87-88H,1-4H3,(H,89,90,91)(H,92,93,94)(H,95,96,97)(H,98,99,100);;. The number of halogens is 6. The summed E-state index contributed by atoms with van der Waals surface area (Å²) in [4.78, 5) is -5.08. The smallest absolute Gasteiger partial charge is 0.425 e. The summed E-state index contributed by atoms with van der Waals surface area (Å²) in [6.07, 6.45) is -9.87. The minimum absolute atomic E-state index is 0.0185. The zero-order valence-corrected chi connectivity index (χ0v) is 68.8. The fraction of sp³-hybridized carbons (Fsp3) is 0.0769. The molecule has 0 radical (unpaired) electrons. The number of hydrogen-bond donors (Lipinski definition) is 6. The summed E-state index contributed by atoms with van der Waals surface area (Å²) < 4.78 is 320. The number of aryl methyl sites for hydroxylation is 3. The second-order valence-corrected chi connectivity index (χ2v) is 34.1. The highest BCUT2D eigenvalue weighted by atomic mass is 32.2. The molecule has 0 fully saturated rings. The molecule has 0 bridgehead atoms. The van der Waals surface area contributed by atoms with Gasteiger partial charge in [0.2, 0.25) is 0 Å². The first kappa shape index (κ1) is 90.7. The Bertz CT molecular complexity index is 6760. The topological polar surface area (TPSA) is 442 Å². The van der Waals surface area contributed by atoms with Crippen molar-refractivity contribution in [3.8, 4) is 129 Å². The SMILES string of the molecule is COc1ccc(-c2ccc(-c3ccc(Oc4ccc(-c5ccc(-c6c(-c7ccc(S(=O)(=O)O)c(S(=O)(=O)O)c7)c(-c7cccc(SOOO)c7)c(-c7ccc(-c8ccc(C)c(C)c8)cc7)c(-c7cccc(SOOO)c7)c6-c6ccc(S(=O)(=O)O)c(S(=O)(=O)O)c6)cc5)cc4C(F)(F)F)c(C)c3)c3nsnc23)cc1C(F)(F)F.O=S(=O)=O.O=S(=O)=O. The Morgan fingerprint density at radius 2 is 0.669 bits per heavy atom. The Labute approximate surface area is 698 Å². The normalized spacial score (nSPS) is 12.0. The first-order valence-corrected chi connectivity index (χ1v) is 43.6. The predicted octanol–water partition coefficient (Wildman–Crippen LogP) is 19.0. The molecule has 6 N–H and O–H groups in total. The van der Waals surface area contributed by atoms with E-state index in [2.05, 4.69) is 18.8 Å². The molecule has 0 unspecified atom stereocenters. The van der Waals surface area contributed by atoms with Gasteiger partial charge in [-0.25, -0.2) is 10.5 Å². The van der Waals surface area contributed by atoms with Crippen molar-refractivity contribution < 1.29 is 142 Å². The first-order valence-electron chi connectivity index (χ1n) is 33.7.